The number of hydrogen-bond donors (Lipinski definition) is 2. The molecule has 1 rings (SSSR count). The van der Waals surface area contributed by atoms with Crippen molar-refractivity contribution in [3.8, 4) is 0 Å². The van der Waals surface area contributed by atoms with Crippen LogP contribution in [0.1, 0.15) is 25.7 Å². The molecule has 6 heteroatoms. The van der Waals surface area contributed by atoms with Crippen LogP contribution in [-0.4, -0.2) is 37.6 Å². The maximum atomic E-state index is 12.7. The summed E-state index contributed by atoms with van der Waals surface area (Å²) in [5, 5.41) is 2.17. The van der Waals surface area contributed by atoms with Gasteiger partial charge in [-0.15, -0.1) is 0 Å². The van der Waals surface area contributed by atoms with Crippen molar-refractivity contribution in [2.45, 2.75) is 37.7 Å². The summed E-state index contributed by atoms with van der Waals surface area (Å²) in [5.41, 5.74) is 4.85. The number of carbonyl (C=O) groups is 1. The summed E-state index contributed by atoms with van der Waals surface area (Å²) < 4.78 is 30.8. The standard InChI is InChI=1S/C10H18F2N2O2/c11-10(12,6-13)7-14-9(15)5-8-3-1-2-4-16-8/h8H,1-7,13H2,(H,14,15). The van der Waals surface area contributed by atoms with E-state index in [1.54, 1.807) is 0 Å². The molecule has 0 aromatic heterocycles. The van der Waals surface area contributed by atoms with E-state index < -0.39 is 24.9 Å². The molecule has 4 nitrogen and oxygen atoms in total. The van der Waals surface area contributed by atoms with Crippen molar-refractivity contribution < 1.29 is 18.3 Å². The van der Waals surface area contributed by atoms with Gasteiger partial charge in [0, 0.05) is 6.61 Å². The van der Waals surface area contributed by atoms with Gasteiger partial charge in [0.2, 0.25) is 5.91 Å². The molecule has 1 aliphatic rings. The average molecular weight is 236 g/mol. The Kier molecular flexibility index (Phi) is 5.08. The molecule has 16 heavy (non-hydrogen) atoms. The lowest BCUT2D eigenvalue weighted by Crippen LogP contribution is -2.42. The van der Waals surface area contributed by atoms with E-state index in [0.717, 1.165) is 19.3 Å². The molecule has 1 fully saturated rings. The van der Waals surface area contributed by atoms with Crippen LogP contribution in [0.2, 0.25) is 0 Å². The molecule has 1 heterocycles. The molecule has 0 bridgehead atoms. The fourth-order valence-corrected chi connectivity index (χ4v) is 1.55. The highest BCUT2D eigenvalue weighted by Crippen LogP contribution is 2.15. The van der Waals surface area contributed by atoms with Crippen LogP contribution in [0.25, 0.3) is 0 Å². The Hall–Kier alpha value is -0.750. The number of amides is 1. The summed E-state index contributed by atoms with van der Waals surface area (Å²) in [4.78, 5) is 11.3. The van der Waals surface area contributed by atoms with Crippen molar-refractivity contribution in [1.29, 1.82) is 0 Å². The topological polar surface area (TPSA) is 64.3 Å². The Balaban J connectivity index is 2.19. The highest BCUT2D eigenvalue weighted by molar-refractivity contribution is 5.76. The number of carbonyl (C=O) groups excluding carboxylic acids is 1. The molecular weight excluding hydrogens is 218 g/mol. The van der Waals surface area contributed by atoms with Crippen molar-refractivity contribution in [3.05, 3.63) is 0 Å². The van der Waals surface area contributed by atoms with Gasteiger partial charge in [0.15, 0.2) is 0 Å². The zero-order chi connectivity index (χ0) is 12.0. The Labute approximate surface area is 93.5 Å². The largest absolute Gasteiger partial charge is 0.378 e. The van der Waals surface area contributed by atoms with Gasteiger partial charge in [0.05, 0.1) is 25.6 Å². The number of ether oxygens (including phenoxy) is 1. The van der Waals surface area contributed by atoms with E-state index in [0.29, 0.717) is 6.61 Å². The lowest BCUT2D eigenvalue weighted by atomic mass is 10.1. The maximum Gasteiger partial charge on any atom is 0.277 e. The zero-order valence-electron chi connectivity index (χ0n) is 9.18. The van der Waals surface area contributed by atoms with Gasteiger partial charge in [0.1, 0.15) is 0 Å². The van der Waals surface area contributed by atoms with E-state index in [9.17, 15) is 13.6 Å². The summed E-state index contributed by atoms with van der Waals surface area (Å²) in [5.74, 6) is -3.43. The van der Waals surface area contributed by atoms with Gasteiger partial charge in [0.25, 0.3) is 5.92 Å². The van der Waals surface area contributed by atoms with E-state index in [1.807, 2.05) is 0 Å². The monoisotopic (exact) mass is 236 g/mol. The molecule has 1 unspecified atom stereocenters. The summed E-state index contributed by atoms with van der Waals surface area (Å²) >= 11 is 0. The SMILES string of the molecule is NCC(F)(F)CNC(=O)CC1CCCCO1. The molecular formula is C10H18F2N2O2. The molecule has 94 valence electrons. The van der Waals surface area contributed by atoms with Gasteiger partial charge < -0.3 is 15.8 Å². The molecule has 1 saturated heterocycles. The van der Waals surface area contributed by atoms with Crippen molar-refractivity contribution in [2.24, 2.45) is 5.73 Å². The molecule has 1 aliphatic heterocycles. The van der Waals surface area contributed by atoms with Crippen molar-refractivity contribution in [1.82, 2.24) is 5.32 Å². The normalized spacial score (nSPS) is 21.8. The smallest absolute Gasteiger partial charge is 0.277 e. The first-order valence-corrected chi connectivity index (χ1v) is 5.50. The van der Waals surface area contributed by atoms with Crippen LogP contribution in [0.4, 0.5) is 8.78 Å². The fraction of sp³-hybridized carbons (Fsp3) is 0.900. The van der Waals surface area contributed by atoms with Crippen LogP contribution in [-0.2, 0) is 9.53 Å². The molecule has 3 N–H and O–H groups in total. The minimum Gasteiger partial charge on any atom is -0.378 e. The van der Waals surface area contributed by atoms with Crippen LogP contribution in [0.3, 0.4) is 0 Å². The highest BCUT2D eigenvalue weighted by Gasteiger charge is 2.27. The Bertz CT molecular complexity index is 231. The minimum absolute atomic E-state index is 0.125. The second kappa shape index (κ2) is 6.10. The predicted octanol–water partition coefficient (Wildman–Crippen LogP) is 0.656. The summed E-state index contributed by atoms with van der Waals surface area (Å²) in [6.45, 7) is -0.806. The van der Waals surface area contributed by atoms with Gasteiger partial charge in [-0.25, -0.2) is 8.78 Å². The summed E-state index contributed by atoms with van der Waals surface area (Å²) in [7, 11) is 0. The highest BCUT2D eigenvalue weighted by atomic mass is 19.3. The third-order valence-corrected chi connectivity index (χ3v) is 2.53. The van der Waals surface area contributed by atoms with Crippen molar-refractivity contribution in [3.63, 3.8) is 0 Å². The molecule has 0 spiro atoms. The second-order valence-corrected chi connectivity index (χ2v) is 4.03. The Morgan fingerprint density at radius 3 is 2.81 bits per heavy atom. The third kappa shape index (κ3) is 4.85. The number of nitrogens with one attached hydrogen (secondary N) is 1. The number of hydrogen-bond acceptors (Lipinski definition) is 3. The zero-order valence-corrected chi connectivity index (χ0v) is 9.18. The number of nitrogens with two attached hydrogens (primary N) is 1. The fourth-order valence-electron chi connectivity index (χ4n) is 1.55. The van der Waals surface area contributed by atoms with Gasteiger partial charge in [-0.1, -0.05) is 0 Å². The van der Waals surface area contributed by atoms with Gasteiger partial charge in [-0.2, -0.15) is 0 Å². The molecule has 0 aromatic carbocycles. The van der Waals surface area contributed by atoms with Crippen LogP contribution in [0.5, 0.6) is 0 Å². The molecule has 1 amide bonds. The maximum absolute atomic E-state index is 12.7. The molecule has 1 atom stereocenters. The molecule has 0 radical (unpaired) electrons. The predicted molar refractivity (Wildman–Crippen MR) is 55.2 cm³/mol. The van der Waals surface area contributed by atoms with Gasteiger partial charge in [-0.05, 0) is 19.3 Å². The van der Waals surface area contributed by atoms with Gasteiger partial charge in [-0.3, -0.25) is 4.79 Å². The van der Waals surface area contributed by atoms with E-state index in [4.69, 9.17) is 10.5 Å². The van der Waals surface area contributed by atoms with Crippen LogP contribution >= 0.6 is 0 Å². The summed E-state index contributed by atoms with van der Waals surface area (Å²) in [6.07, 6.45) is 2.88. The van der Waals surface area contributed by atoms with Crippen LogP contribution in [0.15, 0.2) is 0 Å². The molecule has 0 aliphatic carbocycles. The lowest BCUT2D eigenvalue weighted by molar-refractivity contribution is -0.126. The third-order valence-electron chi connectivity index (χ3n) is 2.53. The lowest BCUT2D eigenvalue weighted by Gasteiger charge is -2.22. The van der Waals surface area contributed by atoms with E-state index in [-0.39, 0.29) is 12.5 Å². The average Bonchev–Trinajstić information content (AvgIpc) is 2.28. The Morgan fingerprint density at radius 1 is 1.50 bits per heavy atom. The Morgan fingerprint density at radius 2 is 2.25 bits per heavy atom. The first-order chi connectivity index (χ1) is 7.53. The number of halogens is 2. The van der Waals surface area contributed by atoms with Crippen LogP contribution in [0, 0.1) is 0 Å². The van der Waals surface area contributed by atoms with Crippen LogP contribution < -0.4 is 11.1 Å². The second-order valence-electron chi connectivity index (χ2n) is 4.03. The van der Waals surface area contributed by atoms with E-state index >= 15 is 0 Å². The van der Waals surface area contributed by atoms with Gasteiger partial charge >= 0.3 is 0 Å². The first-order valence-electron chi connectivity index (χ1n) is 5.50. The van der Waals surface area contributed by atoms with Crippen molar-refractivity contribution in [2.75, 3.05) is 19.7 Å². The van der Waals surface area contributed by atoms with E-state index in [1.165, 1.54) is 0 Å². The quantitative estimate of drug-likeness (QED) is 0.737. The molecule has 0 saturated carbocycles. The summed E-state index contributed by atoms with van der Waals surface area (Å²) in [6, 6.07) is 0. The minimum atomic E-state index is -3.02. The number of alkyl halides is 2. The number of rotatable bonds is 5. The first kappa shape index (κ1) is 13.3. The molecule has 0 aromatic rings. The van der Waals surface area contributed by atoms with E-state index in [2.05, 4.69) is 5.32 Å². The van der Waals surface area contributed by atoms with Crippen molar-refractivity contribution >= 4 is 5.91 Å².